The zero-order valence-corrected chi connectivity index (χ0v) is 21.5. The van der Waals surface area contributed by atoms with E-state index in [9.17, 15) is 5.26 Å². The van der Waals surface area contributed by atoms with Crippen LogP contribution < -0.4 is 4.90 Å². The van der Waals surface area contributed by atoms with Gasteiger partial charge in [-0.05, 0) is 56.0 Å². The second-order valence-corrected chi connectivity index (χ2v) is 10.2. The molecule has 1 fully saturated rings. The van der Waals surface area contributed by atoms with E-state index in [1.54, 1.807) is 0 Å². The van der Waals surface area contributed by atoms with E-state index in [1.807, 2.05) is 0 Å². The molecule has 0 N–H and O–H groups in total. The lowest BCUT2D eigenvalue weighted by Crippen LogP contribution is -2.46. The van der Waals surface area contributed by atoms with Crippen molar-refractivity contribution in [3.63, 3.8) is 0 Å². The number of nitrogens with zero attached hydrogens (tertiary/aromatic N) is 4. The molecule has 0 unspecified atom stereocenters. The summed E-state index contributed by atoms with van der Waals surface area (Å²) in [5.74, 6) is 0. The van der Waals surface area contributed by atoms with Gasteiger partial charge in [0.1, 0.15) is 0 Å². The average molecular weight is 469 g/mol. The maximum absolute atomic E-state index is 9.63. The number of morpholine rings is 1. The molecule has 0 amide bonds. The average Bonchev–Trinajstić information content (AvgIpc) is 3.18. The van der Waals surface area contributed by atoms with Crippen LogP contribution in [0.15, 0.2) is 42.5 Å². The lowest BCUT2D eigenvalue weighted by atomic mass is 9.86. The van der Waals surface area contributed by atoms with E-state index in [0.29, 0.717) is 18.0 Å². The maximum Gasteiger partial charge on any atom is 0.0944 e. The minimum atomic E-state index is 0.397. The second kappa shape index (κ2) is 9.53. The standard InChI is InChI=1S/C30H36N4O/c1-20-6-8-25(9-7-20)28-26(16-21(2)18-31)24(5)29-30-27(28)17-22(3)34(30)19-23(4)33(29)11-10-32-12-14-35-15-13-32/h6-9,17,23H,2,10-16,19H2,1,3-5H3/t23-/m1/s1. The SMILES string of the molecule is C=C(C#N)Cc1c(C)c2c3c(cc(C)n3C[C@@H](C)N2CCN2CCOCC2)c1-c1ccc(C)cc1. The first kappa shape index (κ1) is 23.7. The number of rotatable bonds is 6. The fraction of sp³-hybridized carbons (Fsp3) is 0.433. The lowest BCUT2D eigenvalue weighted by Gasteiger charge is -2.40. The van der Waals surface area contributed by atoms with Crippen LogP contribution in [0.5, 0.6) is 0 Å². The molecule has 0 aliphatic carbocycles. The topological polar surface area (TPSA) is 44.4 Å². The van der Waals surface area contributed by atoms with E-state index in [-0.39, 0.29) is 0 Å². The van der Waals surface area contributed by atoms with Gasteiger partial charge in [0.2, 0.25) is 0 Å². The summed E-state index contributed by atoms with van der Waals surface area (Å²) in [6.07, 6.45) is 0.574. The first-order valence-electron chi connectivity index (χ1n) is 12.8. The predicted molar refractivity (Wildman–Crippen MR) is 144 cm³/mol. The molecule has 1 atom stereocenters. The Morgan fingerprint density at radius 3 is 2.51 bits per heavy atom. The molecule has 35 heavy (non-hydrogen) atoms. The Morgan fingerprint density at radius 2 is 1.83 bits per heavy atom. The summed E-state index contributed by atoms with van der Waals surface area (Å²) in [6.45, 7) is 19.7. The fourth-order valence-corrected chi connectivity index (χ4v) is 5.89. The number of nitriles is 1. The molecular weight excluding hydrogens is 432 g/mol. The van der Waals surface area contributed by atoms with Crippen molar-refractivity contribution in [1.29, 1.82) is 5.26 Å². The van der Waals surface area contributed by atoms with Gasteiger partial charge in [0.15, 0.2) is 0 Å². The van der Waals surface area contributed by atoms with Crippen molar-refractivity contribution in [3.8, 4) is 17.2 Å². The van der Waals surface area contributed by atoms with Crippen molar-refractivity contribution in [2.24, 2.45) is 0 Å². The number of allylic oxidation sites excluding steroid dienone is 1. The summed E-state index contributed by atoms with van der Waals surface area (Å²) < 4.78 is 8.07. The van der Waals surface area contributed by atoms with Gasteiger partial charge in [-0.2, -0.15) is 5.26 Å². The van der Waals surface area contributed by atoms with Crippen LogP contribution in [0.1, 0.15) is 29.3 Å². The van der Waals surface area contributed by atoms with Crippen molar-refractivity contribution in [2.75, 3.05) is 44.3 Å². The predicted octanol–water partition coefficient (Wildman–Crippen LogP) is 5.40. The highest BCUT2D eigenvalue weighted by atomic mass is 16.5. The van der Waals surface area contributed by atoms with Crippen LogP contribution in [0.4, 0.5) is 5.69 Å². The van der Waals surface area contributed by atoms with Crippen LogP contribution in [-0.4, -0.2) is 54.9 Å². The molecule has 0 radical (unpaired) electrons. The Morgan fingerprint density at radius 1 is 1.11 bits per heavy atom. The molecule has 0 bridgehead atoms. The minimum absolute atomic E-state index is 0.397. The second-order valence-electron chi connectivity index (χ2n) is 10.2. The summed E-state index contributed by atoms with van der Waals surface area (Å²) in [5, 5.41) is 10.9. The number of benzene rings is 2. The zero-order valence-electron chi connectivity index (χ0n) is 21.5. The molecule has 1 saturated heterocycles. The van der Waals surface area contributed by atoms with Crippen LogP contribution in [0.25, 0.3) is 22.0 Å². The normalized spacial score (nSPS) is 18.1. The summed E-state index contributed by atoms with van der Waals surface area (Å²) in [6, 6.07) is 13.9. The van der Waals surface area contributed by atoms with E-state index < -0.39 is 0 Å². The Bertz CT molecular complexity index is 1310. The van der Waals surface area contributed by atoms with Crippen LogP contribution in [-0.2, 0) is 17.7 Å². The third kappa shape index (κ3) is 4.26. The van der Waals surface area contributed by atoms with Gasteiger partial charge in [-0.3, -0.25) is 4.90 Å². The smallest absolute Gasteiger partial charge is 0.0944 e. The molecule has 5 rings (SSSR count). The fourth-order valence-electron chi connectivity index (χ4n) is 5.89. The van der Waals surface area contributed by atoms with Crippen LogP contribution in [0, 0.1) is 32.1 Å². The van der Waals surface area contributed by atoms with Gasteiger partial charge in [-0.15, -0.1) is 0 Å². The van der Waals surface area contributed by atoms with Crippen molar-refractivity contribution < 1.29 is 4.74 Å². The lowest BCUT2D eigenvalue weighted by molar-refractivity contribution is 0.0389. The summed E-state index contributed by atoms with van der Waals surface area (Å²) in [7, 11) is 0. The van der Waals surface area contributed by atoms with Gasteiger partial charge >= 0.3 is 0 Å². The molecule has 2 aromatic carbocycles. The van der Waals surface area contributed by atoms with Gasteiger partial charge in [0.05, 0.1) is 30.5 Å². The Kier molecular flexibility index (Phi) is 6.44. The van der Waals surface area contributed by atoms with E-state index >= 15 is 0 Å². The monoisotopic (exact) mass is 468 g/mol. The van der Waals surface area contributed by atoms with Crippen LogP contribution >= 0.6 is 0 Å². The Labute approximate surface area is 209 Å². The van der Waals surface area contributed by atoms with Crippen LogP contribution in [0.3, 0.4) is 0 Å². The van der Waals surface area contributed by atoms with Crippen LogP contribution in [0.2, 0.25) is 0 Å². The van der Waals surface area contributed by atoms with E-state index in [2.05, 4.69) is 85.0 Å². The molecular formula is C30H36N4O. The molecule has 1 aromatic heterocycles. The molecule has 3 aromatic rings. The molecule has 5 heteroatoms. The van der Waals surface area contributed by atoms with Crippen molar-refractivity contribution in [1.82, 2.24) is 9.47 Å². The van der Waals surface area contributed by atoms with E-state index in [4.69, 9.17) is 4.74 Å². The number of hydrogen-bond acceptors (Lipinski definition) is 4. The molecule has 2 aliphatic heterocycles. The summed E-state index contributed by atoms with van der Waals surface area (Å²) in [5.41, 5.74) is 10.8. The van der Waals surface area contributed by atoms with E-state index in [1.165, 1.54) is 50.1 Å². The van der Waals surface area contributed by atoms with Crippen molar-refractivity contribution in [2.45, 2.75) is 46.7 Å². The Hall–Kier alpha value is -3.07. The molecule has 0 saturated carbocycles. The summed E-state index contributed by atoms with van der Waals surface area (Å²) >= 11 is 0. The number of hydrogen-bond donors (Lipinski definition) is 0. The third-order valence-corrected chi connectivity index (χ3v) is 7.82. The zero-order chi connectivity index (χ0) is 24.7. The number of aryl methyl sites for hydroxylation is 2. The van der Waals surface area contributed by atoms with Gasteiger partial charge in [-0.1, -0.05) is 36.4 Å². The molecule has 3 heterocycles. The first-order chi connectivity index (χ1) is 16.9. The Balaban J connectivity index is 1.70. The molecule has 182 valence electrons. The highest BCUT2D eigenvalue weighted by Gasteiger charge is 2.31. The molecule has 5 nitrogen and oxygen atoms in total. The van der Waals surface area contributed by atoms with Gasteiger partial charge in [-0.25, -0.2) is 0 Å². The number of anilines is 1. The number of aromatic nitrogens is 1. The quantitative estimate of drug-likeness (QED) is 0.455. The summed E-state index contributed by atoms with van der Waals surface area (Å²) in [4.78, 5) is 5.13. The highest BCUT2D eigenvalue weighted by Crippen LogP contribution is 2.46. The number of ether oxygens (including phenoxy) is 1. The minimum Gasteiger partial charge on any atom is -0.379 e. The van der Waals surface area contributed by atoms with E-state index in [0.717, 1.165) is 45.9 Å². The van der Waals surface area contributed by atoms with Gasteiger partial charge < -0.3 is 14.2 Å². The third-order valence-electron chi connectivity index (χ3n) is 7.82. The molecule has 2 aliphatic rings. The van der Waals surface area contributed by atoms with Gasteiger partial charge in [0.25, 0.3) is 0 Å². The van der Waals surface area contributed by atoms with Crippen molar-refractivity contribution in [3.05, 3.63) is 64.9 Å². The maximum atomic E-state index is 9.63. The molecule has 0 spiro atoms. The largest absolute Gasteiger partial charge is 0.379 e. The highest BCUT2D eigenvalue weighted by molar-refractivity contribution is 6.06. The van der Waals surface area contributed by atoms with Crippen molar-refractivity contribution >= 4 is 16.6 Å². The first-order valence-corrected chi connectivity index (χ1v) is 12.8. The van der Waals surface area contributed by atoms with Gasteiger partial charge in [0, 0.05) is 61.8 Å².